The molecule has 0 aromatic heterocycles. The van der Waals surface area contributed by atoms with Gasteiger partial charge in [0.05, 0.1) is 10.1 Å². The smallest absolute Gasteiger partial charge is 0.185 e. The molecular formula is C12H7Cl2N6+. The highest BCUT2D eigenvalue weighted by molar-refractivity contribution is 6.46. The second-order valence-electron chi connectivity index (χ2n) is 3.72. The maximum absolute atomic E-state index is 8.40. The van der Waals surface area contributed by atoms with Crippen LogP contribution in [0.5, 0.6) is 0 Å². The average molecular weight is 306 g/mol. The average Bonchev–Trinajstić information content (AvgIpc) is 2.44. The van der Waals surface area contributed by atoms with Gasteiger partial charge in [0.2, 0.25) is 0 Å². The zero-order valence-electron chi connectivity index (χ0n) is 9.96. The Hall–Kier alpha value is -2.36. The summed E-state index contributed by atoms with van der Waals surface area (Å²) >= 11 is 12.1. The number of hydrogen-bond acceptors (Lipinski definition) is 4. The summed E-state index contributed by atoms with van der Waals surface area (Å²) in [6.45, 7) is 0. The molecule has 2 rings (SSSR count). The highest BCUT2D eigenvalue weighted by atomic mass is 35.5. The largest absolute Gasteiger partial charge is 0.339 e. The molecule has 1 N–H and O–H groups in total. The predicted molar refractivity (Wildman–Crippen MR) is 78.3 cm³/mol. The van der Waals surface area contributed by atoms with Gasteiger partial charge in [-0.25, -0.2) is 0 Å². The molecule has 8 heteroatoms. The molecule has 0 radical (unpaired) electrons. The number of hydrogen-bond donors (Lipinski definition) is 1. The van der Waals surface area contributed by atoms with Crippen molar-refractivity contribution in [2.75, 3.05) is 0 Å². The first kappa shape index (κ1) is 14.1. The number of rotatable bonds is 1. The molecule has 2 aliphatic rings. The molecule has 0 atom stereocenters. The van der Waals surface area contributed by atoms with E-state index in [-0.39, 0.29) is 0 Å². The van der Waals surface area contributed by atoms with Crippen molar-refractivity contribution < 1.29 is 0 Å². The number of halogens is 2. The summed E-state index contributed by atoms with van der Waals surface area (Å²) in [6, 6.07) is 0. The van der Waals surface area contributed by atoms with Crippen LogP contribution >= 0.6 is 23.2 Å². The lowest BCUT2D eigenvalue weighted by atomic mass is 9.98. The lowest BCUT2D eigenvalue weighted by molar-refractivity contribution is 0.991. The minimum atomic E-state index is 0.353. The van der Waals surface area contributed by atoms with Crippen molar-refractivity contribution in [1.82, 2.24) is 0 Å². The van der Waals surface area contributed by atoms with E-state index < -0.39 is 0 Å². The second-order valence-corrected chi connectivity index (χ2v) is 4.54. The van der Waals surface area contributed by atoms with E-state index in [1.165, 1.54) is 0 Å². The molecule has 6 nitrogen and oxygen atoms in total. The molecule has 0 bridgehead atoms. The first-order valence-electron chi connectivity index (χ1n) is 5.37. The van der Waals surface area contributed by atoms with Gasteiger partial charge in [-0.05, 0) is 35.5 Å². The highest BCUT2D eigenvalue weighted by Crippen LogP contribution is 2.25. The van der Waals surface area contributed by atoms with Crippen molar-refractivity contribution in [3.05, 3.63) is 62.8 Å². The van der Waals surface area contributed by atoms with E-state index in [4.69, 9.17) is 34.1 Å². The van der Waals surface area contributed by atoms with E-state index >= 15 is 0 Å². The summed E-state index contributed by atoms with van der Waals surface area (Å²) in [5.74, 6) is 0. The van der Waals surface area contributed by atoms with E-state index in [0.29, 0.717) is 21.5 Å². The molecule has 0 spiro atoms. The summed E-state index contributed by atoms with van der Waals surface area (Å²) in [7, 11) is 0. The van der Waals surface area contributed by atoms with Crippen LogP contribution in [-0.2, 0) is 0 Å². The summed E-state index contributed by atoms with van der Waals surface area (Å²) in [5, 5.41) is 21.8. The van der Waals surface area contributed by atoms with Gasteiger partial charge in [-0.2, -0.15) is 5.53 Å². The maximum Gasteiger partial charge on any atom is 0.339 e. The van der Waals surface area contributed by atoms with Gasteiger partial charge in [-0.3, -0.25) is 0 Å². The summed E-state index contributed by atoms with van der Waals surface area (Å²) < 4.78 is 0. The fraction of sp³-hybridized carbons (Fsp3) is 0. The van der Waals surface area contributed by atoms with Crippen molar-refractivity contribution in [1.29, 1.82) is 10.9 Å². The quantitative estimate of drug-likeness (QED) is 0.437. The van der Waals surface area contributed by atoms with Crippen molar-refractivity contribution in [3.63, 3.8) is 0 Å². The third kappa shape index (κ3) is 2.96. The Labute approximate surface area is 124 Å². The fourth-order valence-corrected chi connectivity index (χ4v) is 2.07. The summed E-state index contributed by atoms with van der Waals surface area (Å²) in [5.41, 5.74) is 9.12. The molecule has 0 amide bonds. The molecular weight excluding hydrogens is 299 g/mol. The molecule has 0 fully saturated rings. The van der Waals surface area contributed by atoms with E-state index in [1.54, 1.807) is 36.5 Å². The molecule has 0 aromatic rings. The molecule has 0 aliphatic heterocycles. The van der Waals surface area contributed by atoms with Crippen molar-refractivity contribution in [2.24, 2.45) is 15.4 Å². The number of nitrogens with one attached hydrogen (secondary N) is 1. The Morgan fingerprint density at radius 1 is 0.950 bits per heavy atom. The van der Waals surface area contributed by atoms with Gasteiger partial charge in [0.15, 0.2) is 10.8 Å². The lowest BCUT2D eigenvalue weighted by Crippen LogP contribution is -2.02. The van der Waals surface area contributed by atoms with Crippen LogP contribution in [0.25, 0.3) is 5.08 Å². The highest BCUT2D eigenvalue weighted by Gasteiger charge is 2.15. The third-order valence-electron chi connectivity index (χ3n) is 2.54. The van der Waals surface area contributed by atoms with Gasteiger partial charge < -0.3 is 0 Å². The van der Waals surface area contributed by atoms with Crippen LogP contribution in [0.3, 0.4) is 0 Å². The van der Waals surface area contributed by atoms with E-state index in [9.17, 15) is 0 Å². The van der Waals surface area contributed by atoms with Gasteiger partial charge in [-0.1, -0.05) is 40.6 Å². The first-order chi connectivity index (χ1) is 9.65. The van der Waals surface area contributed by atoms with Gasteiger partial charge in [0.25, 0.3) is 5.39 Å². The fourth-order valence-electron chi connectivity index (χ4n) is 1.64. The monoisotopic (exact) mass is 305 g/mol. The normalized spacial score (nSPS) is 25.4. The minimum absolute atomic E-state index is 0.353. The summed E-state index contributed by atoms with van der Waals surface area (Å²) in [6.07, 6.45) is 10.2. The Morgan fingerprint density at radius 3 is 1.95 bits per heavy atom. The van der Waals surface area contributed by atoms with Crippen LogP contribution in [0.2, 0.25) is 0 Å². The molecule has 0 aromatic carbocycles. The molecule has 2 aliphatic carbocycles. The SMILES string of the molecule is N#[N+]N=C1C=CC(=C2C=CC(=NN=N)C(Cl)=C2)C=C1Cl. The molecule has 0 heterocycles. The van der Waals surface area contributed by atoms with Crippen molar-refractivity contribution >= 4 is 34.6 Å². The topological polar surface area (TPSA) is 89.1 Å². The van der Waals surface area contributed by atoms with Gasteiger partial charge in [-0.15, -0.1) is 5.10 Å². The van der Waals surface area contributed by atoms with Crippen LogP contribution in [0.1, 0.15) is 0 Å². The minimum Gasteiger partial charge on any atom is -0.185 e. The van der Waals surface area contributed by atoms with Gasteiger partial charge >= 0.3 is 5.08 Å². The third-order valence-corrected chi connectivity index (χ3v) is 3.14. The second kappa shape index (κ2) is 6.19. The Kier molecular flexibility index (Phi) is 4.35. The lowest BCUT2D eigenvalue weighted by Gasteiger charge is -2.10. The van der Waals surface area contributed by atoms with E-state index in [2.05, 4.69) is 20.5 Å². The van der Waals surface area contributed by atoms with Crippen molar-refractivity contribution in [3.8, 4) is 0 Å². The van der Waals surface area contributed by atoms with Crippen LogP contribution in [0.4, 0.5) is 0 Å². The van der Waals surface area contributed by atoms with Gasteiger partial charge in [0, 0.05) is 0 Å². The van der Waals surface area contributed by atoms with E-state index in [0.717, 1.165) is 11.1 Å². The standard InChI is InChI=1S/C12H7Cl2N6/c13-9-5-7(1-3-11(9)17-19-15)8-2-4-12(18-20-16)10(14)6-8/h1-6,15H/q+1. The Balaban J connectivity index is 2.40. The van der Waals surface area contributed by atoms with Crippen LogP contribution < -0.4 is 0 Å². The number of diazo groups is 1. The molecule has 0 saturated carbocycles. The van der Waals surface area contributed by atoms with Crippen LogP contribution in [0, 0.1) is 10.9 Å². The first-order valence-corrected chi connectivity index (χ1v) is 6.13. The zero-order valence-corrected chi connectivity index (χ0v) is 11.5. The van der Waals surface area contributed by atoms with Crippen LogP contribution in [-0.4, -0.2) is 11.4 Å². The Bertz CT molecular complexity index is 713. The van der Waals surface area contributed by atoms with E-state index in [1.807, 2.05) is 0 Å². The number of allylic oxidation sites excluding steroid dienone is 10. The maximum atomic E-state index is 8.40. The number of nitrogens with zero attached hydrogens (tertiary/aromatic N) is 5. The Morgan fingerprint density at radius 2 is 1.50 bits per heavy atom. The van der Waals surface area contributed by atoms with Crippen LogP contribution in [0.15, 0.2) is 73.1 Å². The molecule has 0 saturated heterocycles. The molecule has 0 unspecified atom stereocenters. The zero-order chi connectivity index (χ0) is 14.5. The van der Waals surface area contributed by atoms with Crippen molar-refractivity contribution in [2.45, 2.75) is 0 Å². The van der Waals surface area contributed by atoms with Gasteiger partial charge in [0.1, 0.15) is 5.71 Å². The summed E-state index contributed by atoms with van der Waals surface area (Å²) in [4.78, 5) is 0. The predicted octanol–water partition coefficient (Wildman–Crippen LogP) is 4.26. The molecule has 20 heavy (non-hydrogen) atoms. The molecule has 98 valence electrons.